The molecule has 24 heavy (non-hydrogen) atoms. The van der Waals surface area contributed by atoms with Crippen molar-refractivity contribution < 1.29 is 22.7 Å². The maximum absolute atomic E-state index is 12.8. The zero-order valence-electron chi connectivity index (χ0n) is 12.6. The molecule has 0 fully saturated rings. The van der Waals surface area contributed by atoms with Crippen molar-refractivity contribution in [2.75, 3.05) is 12.4 Å². The maximum atomic E-state index is 12.8. The molecule has 0 atom stereocenters. The van der Waals surface area contributed by atoms with Crippen LogP contribution in [0.3, 0.4) is 0 Å². The second-order valence-electron chi connectivity index (χ2n) is 4.83. The van der Waals surface area contributed by atoms with Gasteiger partial charge in [-0.05, 0) is 40.2 Å². The Morgan fingerprint density at radius 3 is 2.50 bits per heavy atom. The predicted octanol–water partition coefficient (Wildman–Crippen LogP) is 5.13. The molecule has 0 unspecified atom stereocenters. The van der Waals surface area contributed by atoms with Crippen LogP contribution in [-0.2, 0) is 11.0 Å². The summed E-state index contributed by atoms with van der Waals surface area (Å²) in [5.74, 6) is -0.180. The van der Waals surface area contributed by atoms with Gasteiger partial charge in [0, 0.05) is 15.6 Å². The lowest BCUT2D eigenvalue weighted by atomic mass is 10.1. The fourth-order valence-corrected chi connectivity index (χ4v) is 2.36. The number of hydrogen-bond donors (Lipinski definition) is 1. The molecular weight excluding hydrogens is 387 g/mol. The maximum Gasteiger partial charge on any atom is 0.416 e. The van der Waals surface area contributed by atoms with Gasteiger partial charge in [0.25, 0.3) is 5.91 Å². The molecule has 2 rings (SSSR count). The van der Waals surface area contributed by atoms with E-state index in [0.717, 1.165) is 12.1 Å². The van der Waals surface area contributed by atoms with E-state index in [2.05, 4.69) is 27.8 Å². The number of amides is 1. The molecule has 2 aromatic rings. The molecule has 0 spiro atoms. The highest BCUT2D eigenvalue weighted by atomic mass is 79.9. The van der Waals surface area contributed by atoms with Gasteiger partial charge in [-0.2, -0.15) is 13.2 Å². The summed E-state index contributed by atoms with van der Waals surface area (Å²) in [6.45, 7) is 3.70. The summed E-state index contributed by atoms with van der Waals surface area (Å²) in [5, 5.41) is 2.43. The minimum absolute atomic E-state index is 0.00544. The lowest BCUT2D eigenvalue weighted by Crippen LogP contribution is -2.15. The second-order valence-corrected chi connectivity index (χ2v) is 5.68. The van der Waals surface area contributed by atoms with Crippen LogP contribution in [0.4, 0.5) is 18.9 Å². The number of carbonyl (C=O) groups excluding carboxylic acids is 1. The molecule has 3 nitrogen and oxygen atoms in total. The monoisotopic (exact) mass is 399 g/mol. The lowest BCUT2D eigenvalue weighted by molar-refractivity contribution is -0.137. The third-order valence-corrected chi connectivity index (χ3v) is 3.94. The van der Waals surface area contributed by atoms with E-state index < -0.39 is 17.6 Å². The molecule has 0 aliphatic carbocycles. The Bertz CT molecular complexity index is 788. The van der Waals surface area contributed by atoms with Gasteiger partial charge < -0.3 is 10.1 Å². The molecule has 126 valence electrons. The molecule has 2 aromatic carbocycles. The first-order valence-electron chi connectivity index (χ1n) is 6.74. The van der Waals surface area contributed by atoms with E-state index in [9.17, 15) is 18.0 Å². The fraction of sp³-hybridized carbons (Fsp3) is 0.118. The number of carbonyl (C=O) groups is 1. The van der Waals surface area contributed by atoms with Crippen LogP contribution in [0.2, 0.25) is 0 Å². The van der Waals surface area contributed by atoms with Crippen LogP contribution in [-0.4, -0.2) is 13.0 Å². The largest absolute Gasteiger partial charge is 0.496 e. The van der Waals surface area contributed by atoms with Gasteiger partial charge in [0.05, 0.1) is 18.4 Å². The Hall–Kier alpha value is -2.28. The van der Waals surface area contributed by atoms with Gasteiger partial charge in [0.1, 0.15) is 5.75 Å². The van der Waals surface area contributed by atoms with Crippen LogP contribution in [0.15, 0.2) is 53.5 Å². The summed E-state index contributed by atoms with van der Waals surface area (Å²) in [4.78, 5) is 12.3. The predicted molar refractivity (Wildman–Crippen MR) is 89.8 cm³/mol. The first kappa shape index (κ1) is 18.1. The molecule has 1 N–H and O–H groups in total. The van der Waals surface area contributed by atoms with Crippen LogP contribution < -0.4 is 10.1 Å². The van der Waals surface area contributed by atoms with Crippen molar-refractivity contribution in [2.24, 2.45) is 0 Å². The molecule has 0 saturated heterocycles. The lowest BCUT2D eigenvalue weighted by Gasteiger charge is -2.14. The van der Waals surface area contributed by atoms with Crippen LogP contribution >= 0.6 is 15.9 Å². The van der Waals surface area contributed by atoms with E-state index in [1.165, 1.54) is 13.2 Å². The molecule has 0 heterocycles. The standard InChI is InChI=1S/C17H13BrF3NO2/c1-10(12-5-3-4-6-15(12)24-2)16(23)22-14-9-11(17(19,20)21)7-8-13(14)18/h3-9H,1H2,2H3,(H,22,23). The highest BCUT2D eigenvalue weighted by Gasteiger charge is 2.31. The molecule has 0 radical (unpaired) electrons. The van der Waals surface area contributed by atoms with Gasteiger partial charge in [0.2, 0.25) is 0 Å². The number of hydrogen-bond acceptors (Lipinski definition) is 2. The molecule has 0 aromatic heterocycles. The van der Waals surface area contributed by atoms with E-state index in [4.69, 9.17) is 4.74 Å². The minimum atomic E-state index is -4.50. The number of methoxy groups -OCH3 is 1. The Morgan fingerprint density at radius 1 is 1.21 bits per heavy atom. The Balaban J connectivity index is 2.28. The number of alkyl halides is 3. The van der Waals surface area contributed by atoms with E-state index in [0.29, 0.717) is 15.8 Å². The second kappa shape index (κ2) is 7.09. The normalized spacial score (nSPS) is 11.0. The quantitative estimate of drug-likeness (QED) is 0.723. The zero-order chi connectivity index (χ0) is 17.9. The third-order valence-electron chi connectivity index (χ3n) is 3.25. The van der Waals surface area contributed by atoms with Crippen LogP contribution in [0.25, 0.3) is 5.57 Å². The average molecular weight is 400 g/mol. The van der Waals surface area contributed by atoms with Crippen LogP contribution in [0.1, 0.15) is 11.1 Å². The number of para-hydroxylation sites is 1. The van der Waals surface area contributed by atoms with Crippen molar-refractivity contribution in [3.63, 3.8) is 0 Å². The molecule has 0 bridgehead atoms. The smallest absolute Gasteiger partial charge is 0.416 e. The van der Waals surface area contributed by atoms with Gasteiger partial charge in [-0.1, -0.05) is 24.8 Å². The zero-order valence-corrected chi connectivity index (χ0v) is 14.2. The number of rotatable bonds is 4. The number of halogens is 4. The molecule has 1 amide bonds. The highest BCUT2D eigenvalue weighted by molar-refractivity contribution is 9.10. The molecule has 0 aliphatic heterocycles. The summed E-state index contributed by atoms with van der Waals surface area (Å²) in [7, 11) is 1.45. The summed E-state index contributed by atoms with van der Waals surface area (Å²) >= 11 is 3.12. The summed E-state index contributed by atoms with van der Waals surface area (Å²) in [6.07, 6.45) is -4.50. The average Bonchev–Trinajstić information content (AvgIpc) is 2.55. The number of anilines is 1. The van der Waals surface area contributed by atoms with Crippen LogP contribution in [0.5, 0.6) is 5.75 Å². The van der Waals surface area contributed by atoms with Crippen molar-refractivity contribution >= 4 is 33.1 Å². The molecule has 0 saturated carbocycles. The van der Waals surface area contributed by atoms with Crippen molar-refractivity contribution in [2.45, 2.75) is 6.18 Å². The minimum Gasteiger partial charge on any atom is -0.496 e. The number of benzene rings is 2. The highest BCUT2D eigenvalue weighted by Crippen LogP contribution is 2.34. The van der Waals surface area contributed by atoms with Gasteiger partial charge >= 0.3 is 6.18 Å². The summed E-state index contributed by atoms with van der Waals surface area (Å²) in [5.41, 5.74) is -0.313. The molecule has 7 heteroatoms. The SMILES string of the molecule is C=C(C(=O)Nc1cc(C(F)(F)F)ccc1Br)c1ccccc1OC. The first-order valence-corrected chi connectivity index (χ1v) is 7.53. The van der Waals surface area contributed by atoms with Gasteiger partial charge in [-0.3, -0.25) is 4.79 Å². The Labute approximate surface area is 145 Å². The van der Waals surface area contributed by atoms with E-state index in [1.54, 1.807) is 24.3 Å². The summed E-state index contributed by atoms with van der Waals surface area (Å²) < 4.78 is 43.9. The van der Waals surface area contributed by atoms with Crippen LogP contribution in [0, 0.1) is 0 Å². The van der Waals surface area contributed by atoms with Crippen molar-refractivity contribution in [3.05, 3.63) is 64.6 Å². The number of nitrogens with one attached hydrogen (secondary N) is 1. The molecular formula is C17H13BrF3NO2. The van der Waals surface area contributed by atoms with E-state index in [-0.39, 0.29) is 11.3 Å². The van der Waals surface area contributed by atoms with Crippen molar-refractivity contribution in [1.82, 2.24) is 0 Å². The summed E-state index contributed by atoms with van der Waals surface area (Å²) in [6, 6.07) is 9.75. The number of ether oxygens (including phenoxy) is 1. The first-order chi connectivity index (χ1) is 11.2. The fourth-order valence-electron chi connectivity index (χ4n) is 2.01. The van der Waals surface area contributed by atoms with Gasteiger partial charge in [-0.15, -0.1) is 0 Å². The van der Waals surface area contributed by atoms with Crippen molar-refractivity contribution in [3.8, 4) is 5.75 Å². The Morgan fingerprint density at radius 2 is 1.88 bits per heavy atom. The third kappa shape index (κ3) is 3.97. The van der Waals surface area contributed by atoms with E-state index in [1.807, 2.05) is 0 Å². The van der Waals surface area contributed by atoms with Gasteiger partial charge in [-0.25, -0.2) is 0 Å². The van der Waals surface area contributed by atoms with Gasteiger partial charge in [0.15, 0.2) is 0 Å². The topological polar surface area (TPSA) is 38.3 Å². The Kier molecular flexibility index (Phi) is 5.33. The molecule has 0 aliphatic rings. The van der Waals surface area contributed by atoms with E-state index >= 15 is 0 Å². The van der Waals surface area contributed by atoms with Crippen molar-refractivity contribution in [1.29, 1.82) is 0 Å².